The summed E-state index contributed by atoms with van der Waals surface area (Å²) < 4.78 is 6.02. The highest BCUT2D eigenvalue weighted by Crippen LogP contribution is 2.36. The zero-order valence-electron chi connectivity index (χ0n) is 15.1. The number of nitrogens with one attached hydrogen (secondary N) is 1. The Labute approximate surface area is 154 Å². The van der Waals surface area contributed by atoms with Crippen LogP contribution < -0.4 is 5.32 Å². The van der Waals surface area contributed by atoms with Gasteiger partial charge in [-0.15, -0.1) is 0 Å². The second-order valence-corrected chi connectivity index (χ2v) is 7.43. The number of nitrogens with zero attached hydrogens (tertiary/aromatic N) is 2. The molecule has 0 spiro atoms. The van der Waals surface area contributed by atoms with E-state index in [0.717, 1.165) is 12.1 Å². The van der Waals surface area contributed by atoms with E-state index < -0.39 is 6.10 Å². The highest BCUT2D eigenvalue weighted by Gasteiger charge is 2.43. The topological polar surface area (TPSA) is 61.9 Å². The SMILES string of the molecule is O=C1CN(C(=O)[C@@H]2OCCN(C3CCCC3)[C@H]2c2ccccc2)CCN1. The molecule has 2 amide bonds. The van der Waals surface area contributed by atoms with Gasteiger partial charge in [0.25, 0.3) is 5.91 Å². The average molecular weight is 357 g/mol. The van der Waals surface area contributed by atoms with Crippen molar-refractivity contribution in [2.75, 3.05) is 32.8 Å². The lowest BCUT2D eigenvalue weighted by Crippen LogP contribution is -2.58. The van der Waals surface area contributed by atoms with E-state index in [0.29, 0.717) is 25.7 Å². The molecule has 4 rings (SSSR count). The zero-order chi connectivity index (χ0) is 17.9. The summed E-state index contributed by atoms with van der Waals surface area (Å²) in [6.07, 6.45) is 4.35. The first-order valence-electron chi connectivity index (χ1n) is 9.72. The molecule has 1 aliphatic carbocycles. The molecule has 140 valence electrons. The van der Waals surface area contributed by atoms with Gasteiger partial charge in [-0.2, -0.15) is 0 Å². The van der Waals surface area contributed by atoms with Crippen LogP contribution >= 0.6 is 0 Å². The fourth-order valence-corrected chi connectivity index (χ4v) is 4.56. The number of hydrogen-bond acceptors (Lipinski definition) is 4. The third-order valence-electron chi connectivity index (χ3n) is 5.82. The number of rotatable bonds is 3. The van der Waals surface area contributed by atoms with Crippen LogP contribution in [0.2, 0.25) is 0 Å². The summed E-state index contributed by atoms with van der Waals surface area (Å²) in [5.41, 5.74) is 1.12. The molecule has 2 atom stereocenters. The van der Waals surface area contributed by atoms with E-state index in [-0.39, 0.29) is 24.4 Å². The van der Waals surface area contributed by atoms with Crippen LogP contribution in [0.25, 0.3) is 0 Å². The van der Waals surface area contributed by atoms with Crippen molar-refractivity contribution in [3.63, 3.8) is 0 Å². The van der Waals surface area contributed by atoms with Crippen molar-refractivity contribution in [1.82, 2.24) is 15.1 Å². The number of amides is 2. The van der Waals surface area contributed by atoms with Crippen molar-refractivity contribution in [3.8, 4) is 0 Å². The molecule has 26 heavy (non-hydrogen) atoms. The molecular weight excluding hydrogens is 330 g/mol. The Morgan fingerprint density at radius 1 is 1.12 bits per heavy atom. The minimum absolute atomic E-state index is 0.0589. The summed E-state index contributed by atoms with van der Waals surface area (Å²) >= 11 is 0. The van der Waals surface area contributed by atoms with E-state index in [9.17, 15) is 9.59 Å². The summed E-state index contributed by atoms with van der Waals surface area (Å²) in [6.45, 7) is 2.61. The van der Waals surface area contributed by atoms with Gasteiger partial charge in [-0.05, 0) is 18.4 Å². The van der Waals surface area contributed by atoms with Gasteiger partial charge in [0, 0.05) is 25.7 Å². The predicted molar refractivity (Wildman–Crippen MR) is 97.5 cm³/mol. The molecule has 2 heterocycles. The molecule has 3 fully saturated rings. The summed E-state index contributed by atoms with van der Waals surface area (Å²) in [5.74, 6) is -0.152. The van der Waals surface area contributed by atoms with Gasteiger partial charge in [0.1, 0.15) is 0 Å². The van der Waals surface area contributed by atoms with Gasteiger partial charge >= 0.3 is 0 Å². The lowest BCUT2D eigenvalue weighted by atomic mass is 9.94. The first-order chi connectivity index (χ1) is 12.7. The minimum atomic E-state index is -0.544. The number of benzene rings is 1. The Bertz CT molecular complexity index is 645. The molecule has 2 aliphatic heterocycles. The van der Waals surface area contributed by atoms with E-state index in [1.54, 1.807) is 4.90 Å². The van der Waals surface area contributed by atoms with Gasteiger partial charge in [-0.25, -0.2) is 0 Å². The number of morpholine rings is 1. The molecule has 1 aromatic rings. The molecule has 0 aromatic heterocycles. The zero-order valence-corrected chi connectivity index (χ0v) is 15.1. The monoisotopic (exact) mass is 357 g/mol. The normalized spacial score (nSPS) is 28.2. The second kappa shape index (κ2) is 7.76. The largest absolute Gasteiger partial charge is 0.365 e. The number of carbonyl (C=O) groups is 2. The molecule has 6 heteroatoms. The number of ether oxygens (including phenoxy) is 1. The van der Waals surface area contributed by atoms with Crippen molar-refractivity contribution in [3.05, 3.63) is 35.9 Å². The maximum Gasteiger partial charge on any atom is 0.254 e. The number of hydrogen-bond donors (Lipinski definition) is 1. The maximum absolute atomic E-state index is 13.2. The fraction of sp³-hybridized carbons (Fsp3) is 0.600. The van der Waals surface area contributed by atoms with Crippen LogP contribution in [-0.2, 0) is 14.3 Å². The minimum Gasteiger partial charge on any atom is -0.365 e. The van der Waals surface area contributed by atoms with Crippen molar-refractivity contribution in [2.24, 2.45) is 0 Å². The summed E-state index contributed by atoms with van der Waals surface area (Å²) in [4.78, 5) is 29.1. The van der Waals surface area contributed by atoms with Gasteiger partial charge in [-0.1, -0.05) is 43.2 Å². The van der Waals surface area contributed by atoms with E-state index in [1.165, 1.54) is 25.7 Å². The smallest absolute Gasteiger partial charge is 0.254 e. The quantitative estimate of drug-likeness (QED) is 0.887. The van der Waals surface area contributed by atoms with E-state index in [4.69, 9.17) is 4.74 Å². The Morgan fingerprint density at radius 3 is 2.62 bits per heavy atom. The first-order valence-corrected chi connectivity index (χ1v) is 9.72. The molecule has 1 N–H and O–H groups in total. The van der Waals surface area contributed by atoms with Gasteiger partial charge in [0.05, 0.1) is 19.2 Å². The molecule has 1 aromatic carbocycles. The molecule has 1 saturated carbocycles. The van der Waals surface area contributed by atoms with Crippen molar-refractivity contribution < 1.29 is 14.3 Å². The Hall–Kier alpha value is -1.92. The lowest BCUT2D eigenvalue weighted by Gasteiger charge is -2.45. The number of piperazine rings is 1. The maximum atomic E-state index is 13.2. The van der Waals surface area contributed by atoms with Crippen LogP contribution in [0, 0.1) is 0 Å². The van der Waals surface area contributed by atoms with Gasteiger partial charge in [-0.3, -0.25) is 14.5 Å². The standard InChI is InChI=1S/C20H27N3O3/c24-17-14-22(11-10-21-17)20(25)19-18(15-6-2-1-3-7-15)23(12-13-26-19)16-8-4-5-9-16/h1-3,6-7,16,18-19H,4-5,8-14H2,(H,21,24)/t18-,19+/m0/s1. The van der Waals surface area contributed by atoms with Gasteiger partial charge in [0.15, 0.2) is 6.10 Å². The molecular formula is C20H27N3O3. The third kappa shape index (κ3) is 3.48. The van der Waals surface area contributed by atoms with Gasteiger partial charge < -0.3 is 15.0 Å². The Morgan fingerprint density at radius 2 is 1.88 bits per heavy atom. The number of carbonyl (C=O) groups excluding carboxylic acids is 2. The first kappa shape index (κ1) is 17.5. The predicted octanol–water partition coefficient (Wildman–Crippen LogP) is 1.33. The lowest BCUT2D eigenvalue weighted by molar-refractivity contribution is -0.161. The van der Waals surface area contributed by atoms with Crippen LogP contribution in [0.5, 0.6) is 0 Å². The molecule has 0 radical (unpaired) electrons. The van der Waals surface area contributed by atoms with Crippen molar-refractivity contribution in [1.29, 1.82) is 0 Å². The molecule has 2 saturated heterocycles. The summed E-state index contributed by atoms with van der Waals surface area (Å²) in [5, 5.41) is 2.78. The summed E-state index contributed by atoms with van der Waals surface area (Å²) in [6, 6.07) is 10.7. The average Bonchev–Trinajstić information content (AvgIpc) is 3.22. The van der Waals surface area contributed by atoms with Crippen molar-refractivity contribution in [2.45, 2.75) is 43.9 Å². The molecule has 3 aliphatic rings. The highest BCUT2D eigenvalue weighted by atomic mass is 16.5. The van der Waals surface area contributed by atoms with Crippen LogP contribution in [0.4, 0.5) is 0 Å². The highest BCUT2D eigenvalue weighted by molar-refractivity contribution is 5.88. The molecule has 0 unspecified atom stereocenters. The van der Waals surface area contributed by atoms with Crippen molar-refractivity contribution >= 4 is 11.8 Å². The van der Waals surface area contributed by atoms with Crippen LogP contribution in [0.3, 0.4) is 0 Å². The molecule has 0 bridgehead atoms. The second-order valence-electron chi connectivity index (χ2n) is 7.43. The van der Waals surface area contributed by atoms with Crippen LogP contribution in [0.15, 0.2) is 30.3 Å². The Balaban J connectivity index is 1.62. The van der Waals surface area contributed by atoms with Crippen LogP contribution in [0.1, 0.15) is 37.3 Å². The van der Waals surface area contributed by atoms with E-state index in [2.05, 4.69) is 22.3 Å². The third-order valence-corrected chi connectivity index (χ3v) is 5.82. The van der Waals surface area contributed by atoms with Gasteiger partial charge in [0.2, 0.25) is 5.91 Å². The summed E-state index contributed by atoms with van der Waals surface area (Å²) in [7, 11) is 0. The van der Waals surface area contributed by atoms with Crippen LogP contribution in [-0.4, -0.2) is 66.5 Å². The fourth-order valence-electron chi connectivity index (χ4n) is 4.56. The van der Waals surface area contributed by atoms with E-state index >= 15 is 0 Å². The Kier molecular flexibility index (Phi) is 5.22. The molecule has 6 nitrogen and oxygen atoms in total. The van der Waals surface area contributed by atoms with E-state index in [1.807, 2.05) is 18.2 Å².